The average Bonchev–Trinajstić information content (AvgIpc) is 3.11. The van der Waals surface area contributed by atoms with Gasteiger partial charge in [-0.3, -0.25) is 4.90 Å². The quantitative estimate of drug-likeness (QED) is 0.562. The first-order chi connectivity index (χ1) is 14.1. The summed E-state index contributed by atoms with van der Waals surface area (Å²) in [5.74, 6) is 0.0718. The van der Waals surface area contributed by atoms with Gasteiger partial charge in [0.1, 0.15) is 0 Å². The SMILES string of the molecule is C[C@H](Oc1ccccc1F)c1nn(CN2CCN(c3ccccc3)CC2)c(=S)o1. The van der Waals surface area contributed by atoms with Gasteiger partial charge in [-0.25, -0.2) is 9.07 Å². The minimum atomic E-state index is -0.551. The zero-order valence-corrected chi connectivity index (χ0v) is 17.0. The highest BCUT2D eigenvalue weighted by molar-refractivity contribution is 7.71. The maximum Gasteiger partial charge on any atom is 0.288 e. The average molecular weight is 415 g/mol. The van der Waals surface area contributed by atoms with Crippen molar-refractivity contribution in [3.8, 4) is 5.75 Å². The van der Waals surface area contributed by atoms with Crippen LogP contribution in [0, 0.1) is 10.7 Å². The standard InChI is InChI=1S/C21H23FN4O2S/c1-16(27-19-10-6-5-9-18(19)22)20-23-26(21(29)28-20)15-24-11-13-25(14-12-24)17-7-3-2-4-8-17/h2-10,16H,11-15H2,1H3/t16-/m0/s1. The fourth-order valence-electron chi connectivity index (χ4n) is 3.33. The molecule has 1 fully saturated rings. The van der Waals surface area contributed by atoms with Gasteiger partial charge in [-0.1, -0.05) is 30.3 Å². The third-order valence-electron chi connectivity index (χ3n) is 4.94. The van der Waals surface area contributed by atoms with Crippen LogP contribution in [0.4, 0.5) is 10.1 Å². The summed E-state index contributed by atoms with van der Waals surface area (Å²) in [6.07, 6.45) is -0.551. The van der Waals surface area contributed by atoms with Gasteiger partial charge in [-0.2, -0.15) is 0 Å². The fourth-order valence-corrected chi connectivity index (χ4v) is 3.52. The maximum absolute atomic E-state index is 13.8. The van der Waals surface area contributed by atoms with Crippen LogP contribution in [0.3, 0.4) is 0 Å². The molecular formula is C21H23FN4O2S. The number of nitrogens with zero attached hydrogens (tertiary/aromatic N) is 4. The lowest BCUT2D eigenvalue weighted by Crippen LogP contribution is -2.46. The highest BCUT2D eigenvalue weighted by atomic mass is 32.1. The Labute approximate surface area is 174 Å². The van der Waals surface area contributed by atoms with Crippen molar-refractivity contribution in [2.75, 3.05) is 31.1 Å². The maximum atomic E-state index is 13.8. The second-order valence-electron chi connectivity index (χ2n) is 6.98. The summed E-state index contributed by atoms with van der Waals surface area (Å²) < 4.78 is 26.7. The van der Waals surface area contributed by atoms with E-state index in [1.807, 2.05) is 6.07 Å². The van der Waals surface area contributed by atoms with Crippen LogP contribution in [0.1, 0.15) is 18.9 Å². The molecule has 0 unspecified atom stereocenters. The minimum absolute atomic E-state index is 0.160. The third kappa shape index (κ3) is 4.65. The number of anilines is 1. The molecule has 0 bridgehead atoms. The van der Waals surface area contributed by atoms with E-state index in [9.17, 15) is 4.39 Å². The van der Waals surface area contributed by atoms with Gasteiger partial charge in [0.25, 0.3) is 10.7 Å². The predicted octanol–water partition coefficient (Wildman–Crippen LogP) is 4.26. The van der Waals surface area contributed by atoms with E-state index in [-0.39, 0.29) is 10.6 Å². The van der Waals surface area contributed by atoms with E-state index >= 15 is 0 Å². The number of piperazine rings is 1. The molecule has 6 nitrogen and oxygen atoms in total. The van der Waals surface area contributed by atoms with Crippen LogP contribution in [-0.4, -0.2) is 40.9 Å². The number of hydrogen-bond acceptors (Lipinski definition) is 6. The lowest BCUT2D eigenvalue weighted by Gasteiger charge is -2.35. The van der Waals surface area contributed by atoms with Crippen LogP contribution in [0.25, 0.3) is 0 Å². The van der Waals surface area contributed by atoms with Crippen LogP contribution in [-0.2, 0) is 6.67 Å². The van der Waals surface area contributed by atoms with Crippen molar-refractivity contribution in [3.63, 3.8) is 0 Å². The van der Waals surface area contributed by atoms with E-state index in [2.05, 4.69) is 39.2 Å². The molecule has 4 rings (SSSR count). The molecule has 2 aromatic carbocycles. The lowest BCUT2D eigenvalue weighted by molar-refractivity contribution is 0.178. The molecule has 2 heterocycles. The van der Waals surface area contributed by atoms with Gasteiger partial charge < -0.3 is 14.1 Å². The highest BCUT2D eigenvalue weighted by Crippen LogP contribution is 2.23. The summed E-state index contributed by atoms with van der Waals surface area (Å²) >= 11 is 5.32. The topological polar surface area (TPSA) is 46.7 Å². The first-order valence-electron chi connectivity index (χ1n) is 9.61. The van der Waals surface area contributed by atoms with Gasteiger partial charge in [0.2, 0.25) is 0 Å². The number of hydrogen-bond donors (Lipinski definition) is 0. The van der Waals surface area contributed by atoms with Crippen LogP contribution < -0.4 is 9.64 Å². The third-order valence-corrected chi connectivity index (χ3v) is 5.23. The Balaban J connectivity index is 1.36. The Morgan fingerprint density at radius 1 is 1.07 bits per heavy atom. The Morgan fingerprint density at radius 2 is 1.76 bits per heavy atom. The van der Waals surface area contributed by atoms with E-state index < -0.39 is 11.9 Å². The van der Waals surface area contributed by atoms with Gasteiger partial charge in [0, 0.05) is 31.9 Å². The van der Waals surface area contributed by atoms with E-state index in [4.69, 9.17) is 21.4 Å². The van der Waals surface area contributed by atoms with E-state index in [1.165, 1.54) is 11.8 Å². The Hall–Kier alpha value is -2.71. The molecule has 0 amide bonds. The normalized spacial score (nSPS) is 16.0. The van der Waals surface area contributed by atoms with Crippen molar-refractivity contribution in [2.45, 2.75) is 19.7 Å². The van der Waals surface area contributed by atoms with Crippen molar-refractivity contribution in [1.82, 2.24) is 14.7 Å². The summed E-state index contributed by atoms with van der Waals surface area (Å²) in [7, 11) is 0. The van der Waals surface area contributed by atoms with Gasteiger partial charge in [0.05, 0.1) is 6.67 Å². The van der Waals surface area contributed by atoms with Crippen LogP contribution >= 0.6 is 12.2 Å². The molecule has 1 aliphatic rings. The highest BCUT2D eigenvalue weighted by Gasteiger charge is 2.21. The van der Waals surface area contributed by atoms with Gasteiger partial charge in [0.15, 0.2) is 17.7 Å². The lowest BCUT2D eigenvalue weighted by atomic mass is 10.2. The van der Waals surface area contributed by atoms with Gasteiger partial charge in [-0.05, 0) is 43.4 Å². The molecule has 0 radical (unpaired) electrons. The van der Waals surface area contributed by atoms with Gasteiger partial charge in [-0.15, -0.1) is 5.10 Å². The van der Waals surface area contributed by atoms with Crippen molar-refractivity contribution in [1.29, 1.82) is 0 Å². The Kier molecular flexibility index (Phi) is 5.92. The summed E-state index contributed by atoms with van der Waals surface area (Å²) in [6.45, 7) is 6.00. The Bertz CT molecular complexity index is 999. The molecule has 1 atom stereocenters. The molecule has 3 aromatic rings. The molecule has 8 heteroatoms. The zero-order chi connectivity index (χ0) is 20.2. The molecule has 0 saturated carbocycles. The fraction of sp³-hybridized carbons (Fsp3) is 0.333. The van der Waals surface area contributed by atoms with Crippen LogP contribution in [0.5, 0.6) is 5.75 Å². The van der Waals surface area contributed by atoms with Crippen molar-refractivity contribution in [3.05, 3.63) is 71.1 Å². The summed E-state index contributed by atoms with van der Waals surface area (Å²) in [5.41, 5.74) is 1.24. The molecule has 1 aromatic heterocycles. The number of aromatic nitrogens is 2. The first-order valence-corrected chi connectivity index (χ1v) is 10.0. The van der Waals surface area contributed by atoms with Gasteiger partial charge >= 0.3 is 0 Å². The number of rotatable bonds is 6. The largest absolute Gasteiger partial charge is 0.478 e. The van der Waals surface area contributed by atoms with Crippen LogP contribution in [0.15, 0.2) is 59.0 Å². The molecular weight excluding hydrogens is 391 g/mol. The van der Waals surface area contributed by atoms with Crippen LogP contribution in [0.2, 0.25) is 0 Å². The predicted molar refractivity (Wildman–Crippen MR) is 111 cm³/mol. The number of halogens is 1. The summed E-state index contributed by atoms with van der Waals surface area (Å²) in [6, 6.07) is 16.7. The zero-order valence-electron chi connectivity index (χ0n) is 16.2. The summed E-state index contributed by atoms with van der Waals surface area (Å²) in [4.78, 5) is 4.94. The van der Waals surface area contributed by atoms with E-state index in [0.717, 1.165) is 26.2 Å². The first kappa shape index (κ1) is 19.6. The molecule has 152 valence electrons. The molecule has 1 aliphatic heterocycles. The van der Waals surface area contributed by atoms with E-state index in [0.29, 0.717) is 12.6 Å². The van der Waals surface area contributed by atoms with Crippen molar-refractivity contribution < 1.29 is 13.5 Å². The number of para-hydroxylation sites is 2. The van der Waals surface area contributed by atoms with E-state index in [1.54, 1.807) is 29.8 Å². The number of benzene rings is 2. The minimum Gasteiger partial charge on any atom is -0.478 e. The molecule has 0 N–H and O–H groups in total. The molecule has 0 spiro atoms. The molecule has 1 saturated heterocycles. The Morgan fingerprint density at radius 3 is 2.48 bits per heavy atom. The molecule has 0 aliphatic carbocycles. The van der Waals surface area contributed by atoms with Crippen molar-refractivity contribution >= 4 is 17.9 Å². The van der Waals surface area contributed by atoms with Crippen molar-refractivity contribution in [2.24, 2.45) is 0 Å². The summed E-state index contributed by atoms with van der Waals surface area (Å²) in [5, 5.41) is 4.45. The number of ether oxygens (including phenoxy) is 1. The smallest absolute Gasteiger partial charge is 0.288 e. The second-order valence-corrected chi connectivity index (χ2v) is 7.33. The second kappa shape index (κ2) is 8.75. The monoisotopic (exact) mass is 414 g/mol. The molecule has 29 heavy (non-hydrogen) atoms.